The third-order valence-corrected chi connectivity index (χ3v) is 6.27. The molecule has 0 heterocycles. The van der Waals surface area contributed by atoms with Crippen molar-refractivity contribution in [1.29, 1.82) is 0 Å². The van der Waals surface area contributed by atoms with Crippen LogP contribution in [0.2, 0.25) is 0 Å². The third kappa shape index (κ3) is 9.45. The van der Waals surface area contributed by atoms with E-state index in [0.29, 0.717) is 31.8 Å². The highest BCUT2D eigenvalue weighted by Crippen LogP contribution is 2.22. The lowest BCUT2D eigenvalue weighted by molar-refractivity contribution is -0.145. The van der Waals surface area contributed by atoms with Crippen molar-refractivity contribution >= 4 is 14.8 Å². The van der Waals surface area contributed by atoms with E-state index in [2.05, 4.69) is 6.58 Å². The standard InChI is InChI=1S/C16H32O8Si/c1-7-15(24-16(17)14(2)3)25(21-11-8-18-4,22-12-9-19-5)23-13-10-20-6/h15H,2,7-13H2,1,3-6H3. The van der Waals surface area contributed by atoms with Crippen molar-refractivity contribution < 1.29 is 37.0 Å². The lowest BCUT2D eigenvalue weighted by Gasteiger charge is -2.34. The predicted molar refractivity (Wildman–Crippen MR) is 94.2 cm³/mol. The predicted octanol–water partition coefficient (Wildman–Crippen LogP) is 1.35. The number of hydrogen-bond donors (Lipinski definition) is 0. The average molecular weight is 381 g/mol. The first kappa shape index (κ1) is 24.2. The van der Waals surface area contributed by atoms with E-state index in [-0.39, 0.29) is 19.8 Å². The Balaban J connectivity index is 5.36. The van der Waals surface area contributed by atoms with Gasteiger partial charge in [-0.3, -0.25) is 0 Å². The topological polar surface area (TPSA) is 81.7 Å². The zero-order valence-corrected chi connectivity index (χ0v) is 17.0. The molecule has 9 heteroatoms. The van der Waals surface area contributed by atoms with Crippen molar-refractivity contribution in [3.8, 4) is 0 Å². The molecule has 0 aliphatic carbocycles. The van der Waals surface area contributed by atoms with Crippen molar-refractivity contribution in [2.75, 3.05) is 61.0 Å². The van der Waals surface area contributed by atoms with Crippen LogP contribution in [-0.2, 0) is 37.0 Å². The lowest BCUT2D eigenvalue weighted by Crippen LogP contribution is -2.59. The molecule has 0 bridgehead atoms. The van der Waals surface area contributed by atoms with Crippen LogP contribution < -0.4 is 0 Å². The monoisotopic (exact) mass is 380 g/mol. The molecule has 0 aromatic rings. The van der Waals surface area contributed by atoms with Crippen LogP contribution in [0.5, 0.6) is 0 Å². The summed E-state index contributed by atoms with van der Waals surface area (Å²) in [5, 5.41) is 0. The fraction of sp³-hybridized carbons (Fsp3) is 0.812. The summed E-state index contributed by atoms with van der Waals surface area (Å²) in [6.07, 6.45) is 0.470. The van der Waals surface area contributed by atoms with Gasteiger partial charge in [0.05, 0.1) is 39.6 Å². The highest BCUT2D eigenvalue weighted by atomic mass is 28.4. The summed E-state index contributed by atoms with van der Waals surface area (Å²) in [7, 11) is 1.35. The largest absolute Gasteiger partial charge is 0.544 e. The number of carbonyl (C=O) groups is 1. The van der Waals surface area contributed by atoms with Crippen LogP contribution in [0.15, 0.2) is 12.2 Å². The Morgan fingerprint density at radius 2 is 1.28 bits per heavy atom. The van der Waals surface area contributed by atoms with Gasteiger partial charge in [0.1, 0.15) is 0 Å². The molecule has 0 radical (unpaired) electrons. The van der Waals surface area contributed by atoms with Gasteiger partial charge in [-0.25, -0.2) is 4.79 Å². The van der Waals surface area contributed by atoms with Crippen LogP contribution in [0.3, 0.4) is 0 Å². The first-order valence-electron chi connectivity index (χ1n) is 8.22. The number of methoxy groups -OCH3 is 3. The first-order valence-corrected chi connectivity index (χ1v) is 10.0. The Kier molecular flexibility index (Phi) is 13.9. The Morgan fingerprint density at radius 1 is 0.880 bits per heavy atom. The Bertz CT molecular complexity index is 351. The van der Waals surface area contributed by atoms with Gasteiger partial charge in [-0.15, -0.1) is 0 Å². The Hall–Kier alpha value is -0.813. The minimum atomic E-state index is -3.37. The van der Waals surface area contributed by atoms with Gasteiger partial charge < -0.3 is 32.2 Å². The van der Waals surface area contributed by atoms with E-state index in [0.717, 1.165) is 0 Å². The third-order valence-electron chi connectivity index (χ3n) is 3.13. The van der Waals surface area contributed by atoms with E-state index in [1.807, 2.05) is 6.92 Å². The second kappa shape index (κ2) is 14.4. The molecule has 0 N–H and O–H groups in total. The molecule has 0 fully saturated rings. The number of hydrogen-bond acceptors (Lipinski definition) is 8. The molecule has 1 unspecified atom stereocenters. The summed E-state index contributed by atoms with van der Waals surface area (Å²) in [5.41, 5.74) is -0.366. The van der Waals surface area contributed by atoms with Gasteiger partial charge in [-0.2, -0.15) is 0 Å². The summed E-state index contributed by atoms with van der Waals surface area (Å²) < 4.78 is 38.5. The van der Waals surface area contributed by atoms with Crippen LogP contribution in [-0.4, -0.2) is 81.5 Å². The fourth-order valence-electron chi connectivity index (χ4n) is 1.84. The minimum Gasteiger partial charge on any atom is -0.454 e. The molecule has 0 aliphatic rings. The number of carbonyl (C=O) groups excluding carboxylic acids is 1. The molecule has 148 valence electrons. The van der Waals surface area contributed by atoms with Crippen molar-refractivity contribution in [1.82, 2.24) is 0 Å². The van der Waals surface area contributed by atoms with Gasteiger partial charge in [0.15, 0.2) is 5.73 Å². The molecule has 0 spiro atoms. The van der Waals surface area contributed by atoms with Crippen LogP contribution in [0.1, 0.15) is 20.3 Å². The van der Waals surface area contributed by atoms with E-state index < -0.39 is 20.5 Å². The smallest absolute Gasteiger partial charge is 0.454 e. The van der Waals surface area contributed by atoms with Crippen LogP contribution in [0.25, 0.3) is 0 Å². The Labute approximate surface area is 151 Å². The van der Waals surface area contributed by atoms with Gasteiger partial charge in [-0.05, 0) is 13.3 Å². The molecule has 25 heavy (non-hydrogen) atoms. The molecule has 1 atom stereocenters. The van der Waals surface area contributed by atoms with E-state index in [1.54, 1.807) is 28.3 Å². The summed E-state index contributed by atoms with van der Waals surface area (Å²) in [5.74, 6) is -0.509. The van der Waals surface area contributed by atoms with Gasteiger partial charge in [0.2, 0.25) is 0 Å². The van der Waals surface area contributed by atoms with E-state index >= 15 is 0 Å². The molecule has 0 rings (SSSR count). The highest BCUT2D eigenvalue weighted by Gasteiger charge is 2.52. The van der Waals surface area contributed by atoms with E-state index in [1.165, 1.54) is 0 Å². The van der Waals surface area contributed by atoms with Crippen LogP contribution in [0, 0.1) is 0 Å². The summed E-state index contributed by atoms with van der Waals surface area (Å²) in [6.45, 7) is 8.91. The van der Waals surface area contributed by atoms with E-state index in [4.69, 9.17) is 32.2 Å². The molecule has 0 saturated carbocycles. The quantitative estimate of drug-likeness (QED) is 0.172. The van der Waals surface area contributed by atoms with Crippen molar-refractivity contribution in [3.05, 3.63) is 12.2 Å². The molecule has 0 aromatic carbocycles. The molecule has 0 aromatic heterocycles. The van der Waals surface area contributed by atoms with Gasteiger partial charge >= 0.3 is 14.8 Å². The second-order valence-electron chi connectivity index (χ2n) is 5.21. The number of esters is 1. The zero-order valence-electron chi connectivity index (χ0n) is 16.0. The van der Waals surface area contributed by atoms with Gasteiger partial charge in [-0.1, -0.05) is 13.5 Å². The first-order chi connectivity index (χ1) is 12.0. The number of rotatable bonds is 16. The molecule has 0 aliphatic heterocycles. The molecular weight excluding hydrogens is 348 g/mol. The second-order valence-corrected chi connectivity index (χ2v) is 7.93. The maximum Gasteiger partial charge on any atom is 0.544 e. The molecule has 8 nitrogen and oxygen atoms in total. The maximum absolute atomic E-state index is 12.0. The van der Waals surface area contributed by atoms with Crippen LogP contribution in [0.4, 0.5) is 0 Å². The average Bonchev–Trinajstić information content (AvgIpc) is 2.59. The zero-order chi connectivity index (χ0) is 19.1. The van der Waals surface area contributed by atoms with E-state index in [9.17, 15) is 4.79 Å². The highest BCUT2D eigenvalue weighted by molar-refractivity contribution is 6.62. The SMILES string of the molecule is C=C(C)C(=O)OC(CC)[Si](OCCOC)(OCCOC)OCCOC. The summed E-state index contributed by atoms with van der Waals surface area (Å²) in [6, 6.07) is 0. The van der Waals surface area contributed by atoms with Gasteiger partial charge in [0.25, 0.3) is 0 Å². The van der Waals surface area contributed by atoms with Crippen molar-refractivity contribution in [2.24, 2.45) is 0 Å². The maximum atomic E-state index is 12.0. The Morgan fingerprint density at radius 3 is 1.56 bits per heavy atom. The number of ether oxygens (including phenoxy) is 4. The fourth-order valence-corrected chi connectivity index (χ4v) is 4.50. The van der Waals surface area contributed by atoms with Crippen molar-refractivity contribution in [3.63, 3.8) is 0 Å². The van der Waals surface area contributed by atoms with Crippen LogP contribution >= 0.6 is 0 Å². The normalized spacial score (nSPS) is 12.8. The molecule has 0 saturated heterocycles. The lowest BCUT2D eigenvalue weighted by atomic mass is 10.4. The summed E-state index contributed by atoms with van der Waals surface area (Å²) >= 11 is 0. The molecule has 0 amide bonds. The summed E-state index contributed by atoms with van der Waals surface area (Å²) in [4.78, 5) is 12.0. The molecular formula is C16H32O8Si. The minimum absolute atomic E-state index is 0.254. The van der Waals surface area contributed by atoms with Crippen molar-refractivity contribution in [2.45, 2.75) is 26.0 Å². The van der Waals surface area contributed by atoms with Gasteiger partial charge in [0, 0.05) is 26.9 Å².